The average Bonchev–Trinajstić information content (AvgIpc) is 2.79. The van der Waals surface area contributed by atoms with Gasteiger partial charge in [0.25, 0.3) is 5.91 Å². The third kappa shape index (κ3) is 2.99. The normalized spacial score (nSPS) is 10.7. The first-order chi connectivity index (χ1) is 9.09. The second-order valence-corrected chi connectivity index (χ2v) is 4.71. The van der Waals surface area contributed by atoms with Crippen molar-refractivity contribution in [1.29, 1.82) is 0 Å². The average molecular weight is 259 g/mol. The van der Waals surface area contributed by atoms with E-state index in [-0.39, 0.29) is 11.8 Å². The van der Waals surface area contributed by atoms with Gasteiger partial charge in [0.1, 0.15) is 5.56 Å². The number of aromatic nitrogens is 2. The summed E-state index contributed by atoms with van der Waals surface area (Å²) in [7, 11) is 0. The number of rotatable bonds is 4. The second kappa shape index (κ2) is 5.65. The van der Waals surface area contributed by atoms with E-state index in [4.69, 9.17) is 4.52 Å². The Kier molecular flexibility index (Phi) is 3.94. The Hall–Kier alpha value is -2.17. The SMILES string of the molecule is Cc1noc(C(C)C)c1C(=O)NCc1cccnc1. The first-order valence-corrected chi connectivity index (χ1v) is 6.23. The standard InChI is InChI=1S/C14H17N3O2/c1-9(2)13-12(10(3)17-19-13)14(18)16-8-11-5-4-6-15-7-11/h4-7,9H,8H2,1-3H3,(H,16,18). The Morgan fingerprint density at radius 3 is 2.89 bits per heavy atom. The summed E-state index contributed by atoms with van der Waals surface area (Å²) >= 11 is 0. The highest BCUT2D eigenvalue weighted by molar-refractivity contribution is 5.96. The van der Waals surface area contributed by atoms with Crippen LogP contribution in [0.1, 0.15) is 47.1 Å². The van der Waals surface area contributed by atoms with Crippen LogP contribution in [0.5, 0.6) is 0 Å². The Morgan fingerprint density at radius 1 is 1.47 bits per heavy atom. The number of nitrogens with zero attached hydrogens (tertiary/aromatic N) is 2. The lowest BCUT2D eigenvalue weighted by Crippen LogP contribution is -2.24. The quantitative estimate of drug-likeness (QED) is 0.915. The molecule has 0 saturated carbocycles. The molecule has 1 N–H and O–H groups in total. The first-order valence-electron chi connectivity index (χ1n) is 6.23. The van der Waals surface area contributed by atoms with Crippen LogP contribution in [0.4, 0.5) is 0 Å². The fourth-order valence-corrected chi connectivity index (χ4v) is 1.83. The predicted octanol–water partition coefficient (Wildman–Crippen LogP) is 2.43. The van der Waals surface area contributed by atoms with Crippen molar-refractivity contribution in [3.63, 3.8) is 0 Å². The second-order valence-electron chi connectivity index (χ2n) is 4.71. The van der Waals surface area contributed by atoms with Crippen LogP contribution >= 0.6 is 0 Å². The van der Waals surface area contributed by atoms with E-state index in [2.05, 4.69) is 15.5 Å². The molecule has 0 spiro atoms. The minimum Gasteiger partial charge on any atom is -0.360 e. The number of pyridine rings is 1. The minimum atomic E-state index is -0.161. The van der Waals surface area contributed by atoms with Crippen molar-refractivity contribution in [1.82, 2.24) is 15.5 Å². The molecular weight excluding hydrogens is 242 g/mol. The van der Waals surface area contributed by atoms with Crippen molar-refractivity contribution >= 4 is 5.91 Å². The van der Waals surface area contributed by atoms with Crippen LogP contribution in [0.25, 0.3) is 0 Å². The maximum atomic E-state index is 12.2. The Bertz CT molecular complexity index is 561. The van der Waals surface area contributed by atoms with E-state index in [9.17, 15) is 4.79 Å². The van der Waals surface area contributed by atoms with Gasteiger partial charge in [0.05, 0.1) is 5.69 Å². The molecule has 2 heterocycles. The topological polar surface area (TPSA) is 68.0 Å². The molecule has 0 aliphatic carbocycles. The van der Waals surface area contributed by atoms with E-state index in [1.165, 1.54) is 0 Å². The summed E-state index contributed by atoms with van der Waals surface area (Å²) in [5.74, 6) is 0.591. The molecule has 0 atom stereocenters. The summed E-state index contributed by atoms with van der Waals surface area (Å²) < 4.78 is 5.21. The van der Waals surface area contributed by atoms with E-state index in [1.807, 2.05) is 26.0 Å². The van der Waals surface area contributed by atoms with Crippen LogP contribution in [0.3, 0.4) is 0 Å². The number of aryl methyl sites for hydroxylation is 1. The molecule has 0 unspecified atom stereocenters. The zero-order valence-electron chi connectivity index (χ0n) is 11.3. The Labute approximate surface area is 112 Å². The molecule has 0 saturated heterocycles. The highest BCUT2D eigenvalue weighted by Gasteiger charge is 2.22. The molecule has 0 aliphatic heterocycles. The van der Waals surface area contributed by atoms with Gasteiger partial charge in [0.2, 0.25) is 0 Å². The maximum Gasteiger partial charge on any atom is 0.257 e. The van der Waals surface area contributed by atoms with Crippen LogP contribution in [-0.2, 0) is 6.54 Å². The molecule has 5 heteroatoms. The molecule has 19 heavy (non-hydrogen) atoms. The number of nitrogens with one attached hydrogen (secondary N) is 1. The van der Waals surface area contributed by atoms with Crippen LogP contribution in [0, 0.1) is 6.92 Å². The summed E-state index contributed by atoms with van der Waals surface area (Å²) in [5, 5.41) is 6.72. The molecule has 0 bridgehead atoms. The van der Waals surface area contributed by atoms with Gasteiger partial charge in [-0.15, -0.1) is 0 Å². The summed E-state index contributed by atoms with van der Waals surface area (Å²) in [6.45, 7) is 6.15. The maximum absolute atomic E-state index is 12.2. The zero-order chi connectivity index (χ0) is 13.8. The molecule has 2 aromatic heterocycles. The highest BCUT2D eigenvalue weighted by atomic mass is 16.5. The monoisotopic (exact) mass is 259 g/mol. The lowest BCUT2D eigenvalue weighted by atomic mass is 10.0. The van der Waals surface area contributed by atoms with Crippen molar-refractivity contribution in [3.8, 4) is 0 Å². The third-order valence-corrected chi connectivity index (χ3v) is 2.82. The number of amides is 1. The van der Waals surface area contributed by atoms with Gasteiger partial charge in [0, 0.05) is 24.9 Å². The molecule has 0 radical (unpaired) electrons. The van der Waals surface area contributed by atoms with Gasteiger partial charge in [-0.2, -0.15) is 0 Å². The molecule has 0 aromatic carbocycles. The third-order valence-electron chi connectivity index (χ3n) is 2.82. The fraction of sp³-hybridized carbons (Fsp3) is 0.357. The van der Waals surface area contributed by atoms with Crippen molar-refractivity contribution < 1.29 is 9.32 Å². The smallest absolute Gasteiger partial charge is 0.257 e. The van der Waals surface area contributed by atoms with Gasteiger partial charge < -0.3 is 9.84 Å². The van der Waals surface area contributed by atoms with Crippen LogP contribution in [0.2, 0.25) is 0 Å². The first kappa shape index (κ1) is 13.3. The molecule has 0 fully saturated rings. The summed E-state index contributed by atoms with van der Waals surface area (Å²) in [4.78, 5) is 16.2. The zero-order valence-corrected chi connectivity index (χ0v) is 11.3. The van der Waals surface area contributed by atoms with Gasteiger partial charge >= 0.3 is 0 Å². The fourth-order valence-electron chi connectivity index (χ4n) is 1.83. The predicted molar refractivity (Wildman–Crippen MR) is 70.7 cm³/mol. The van der Waals surface area contributed by atoms with Gasteiger partial charge in [-0.25, -0.2) is 0 Å². The largest absolute Gasteiger partial charge is 0.360 e. The van der Waals surface area contributed by atoms with Crippen molar-refractivity contribution in [2.24, 2.45) is 0 Å². The van der Waals surface area contributed by atoms with Crippen LogP contribution in [0.15, 0.2) is 29.0 Å². The molecule has 0 aliphatic rings. The van der Waals surface area contributed by atoms with Gasteiger partial charge in [0.15, 0.2) is 5.76 Å². The number of hydrogen-bond donors (Lipinski definition) is 1. The van der Waals surface area contributed by atoms with Gasteiger partial charge in [-0.1, -0.05) is 25.1 Å². The lowest BCUT2D eigenvalue weighted by Gasteiger charge is -2.06. The van der Waals surface area contributed by atoms with Crippen molar-refractivity contribution in [3.05, 3.63) is 47.1 Å². The molecule has 5 nitrogen and oxygen atoms in total. The minimum absolute atomic E-state index is 0.125. The number of hydrogen-bond acceptors (Lipinski definition) is 4. The number of carbonyl (C=O) groups excluding carboxylic acids is 1. The molecule has 2 rings (SSSR count). The Balaban J connectivity index is 2.10. The van der Waals surface area contributed by atoms with E-state index >= 15 is 0 Å². The van der Waals surface area contributed by atoms with E-state index in [0.29, 0.717) is 23.6 Å². The molecule has 1 amide bonds. The van der Waals surface area contributed by atoms with Crippen LogP contribution in [-0.4, -0.2) is 16.0 Å². The molecule has 2 aromatic rings. The van der Waals surface area contributed by atoms with E-state index < -0.39 is 0 Å². The van der Waals surface area contributed by atoms with Crippen LogP contribution < -0.4 is 5.32 Å². The van der Waals surface area contributed by atoms with Crippen molar-refractivity contribution in [2.75, 3.05) is 0 Å². The lowest BCUT2D eigenvalue weighted by molar-refractivity contribution is 0.0948. The van der Waals surface area contributed by atoms with Crippen molar-refractivity contribution in [2.45, 2.75) is 33.2 Å². The molecule has 100 valence electrons. The van der Waals surface area contributed by atoms with Gasteiger partial charge in [-0.05, 0) is 18.6 Å². The Morgan fingerprint density at radius 2 is 2.26 bits per heavy atom. The van der Waals surface area contributed by atoms with E-state index in [1.54, 1.807) is 19.3 Å². The number of carbonyl (C=O) groups is 1. The molecular formula is C14H17N3O2. The van der Waals surface area contributed by atoms with E-state index in [0.717, 1.165) is 5.56 Å². The summed E-state index contributed by atoms with van der Waals surface area (Å²) in [5.41, 5.74) is 2.11. The highest BCUT2D eigenvalue weighted by Crippen LogP contribution is 2.22. The summed E-state index contributed by atoms with van der Waals surface area (Å²) in [6.07, 6.45) is 3.43. The summed E-state index contributed by atoms with van der Waals surface area (Å²) in [6, 6.07) is 3.75. The van der Waals surface area contributed by atoms with Gasteiger partial charge in [-0.3, -0.25) is 9.78 Å².